The van der Waals surface area contributed by atoms with E-state index in [0.717, 1.165) is 36.9 Å². The molecule has 2 aromatic rings. The van der Waals surface area contributed by atoms with Gasteiger partial charge in [-0.3, -0.25) is 4.90 Å². The molecule has 0 spiro atoms. The zero-order valence-corrected chi connectivity index (χ0v) is 12.4. The van der Waals surface area contributed by atoms with Gasteiger partial charge in [0.15, 0.2) is 0 Å². The number of hydrogen-bond acceptors (Lipinski definition) is 3. The second-order valence-corrected chi connectivity index (χ2v) is 6.19. The molecule has 4 nitrogen and oxygen atoms in total. The average molecular weight is 272 g/mol. The highest BCUT2D eigenvalue weighted by atomic mass is 15.2. The van der Waals surface area contributed by atoms with Crippen LogP contribution in [0.25, 0.3) is 5.65 Å². The summed E-state index contributed by atoms with van der Waals surface area (Å²) in [5.41, 5.74) is 9.36. The van der Waals surface area contributed by atoms with Crippen LogP contribution in [-0.4, -0.2) is 33.4 Å². The summed E-state index contributed by atoms with van der Waals surface area (Å²) >= 11 is 0. The van der Waals surface area contributed by atoms with Crippen molar-refractivity contribution in [3.8, 4) is 0 Å². The summed E-state index contributed by atoms with van der Waals surface area (Å²) in [4.78, 5) is 7.21. The van der Waals surface area contributed by atoms with Gasteiger partial charge < -0.3 is 10.1 Å². The largest absolute Gasteiger partial charge is 0.329 e. The summed E-state index contributed by atoms with van der Waals surface area (Å²) in [6, 6.07) is 4.69. The lowest BCUT2D eigenvalue weighted by Crippen LogP contribution is -2.45. The number of rotatable bonds is 3. The molecular formula is C16H24N4. The third kappa shape index (κ3) is 2.72. The number of aromatic nitrogens is 2. The summed E-state index contributed by atoms with van der Waals surface area (Å²) < 4.78 is 2.12. The van der Waals surface area contributed by atoms with Crippen LogP contribution in [-0.2, 0) is 6.54 Å². The second-order valence-electron chi connectivity index (χ2n) is 6.19. The third-order valence-corrected chi connectivity index (χ3v) is 4.39. The van der Waals surface area contributed by atoms with Gasteiger partial charge in [-0.1, -0.05) is 13.0 Å². The smallest absolute Gasteiger partial charge is 0.137 e. The first-order valence-electron chi connectivity index (χ1n) is 7.54. The number of fused-ring (bicyclic) bond motifs is 1. The van der Waals surface area contributed by atoms with Gasteiger partial charge in [0.05, 0.1) is 5.69 Å². The van der Waals surface area contributed by atoms with Crippen molar-refractivity contribution in [3.05, 3.63) is 35.8 Å². The molecule has 2 atom stereocenters. The van der Waals surface area contributed by atoms with Gasteiger partial charge in [0, 0.05) is 31.5 Å². The Balaban J connectivity index is 1.78. The van der Waals surface area contributed by atoms with E-state index in [2.05, 4.69) is 47.7 Å². The van der Waals surface area contributed by atoms with Crippen LogP contribution in [0.1, 0.15) is 31.0 Å². The number of hydrogen-bond donors (Lipinski definition) is 1. The van der Waals surface area contributed by atoms with Crippen molar-refractivity contribution < 1.29 is 0 Å². The fourth-order valence-electron chi connectivity index (χ4n) is 3.19. The van der Waals surface area contributed by atoms with Crippen molar-refractivity contribution in [1.82, 2.24) is 14.3 Å². The lowest BCUT2D eigenvalue weighted by molar-refractivity contribution is 0.114. The Morgan fingerprint density at radius 1 is 1.35 bits per heavy atom. The molecule has 2 aromatic heterocycles. The number of likely N-dealkylation sites (tertiary alicyclic amines) is 1. The Bertz CT molecular complexity index is 589. The molecular weight excluding hydrogens is 248 g/mol. The zero-order valence-electron chi connectivity index (χ0n) is 12.4. The summed E-state index contributed by atoms with van der Waals surface area (Å²) in [7, 11) is 0. The highest BCUT2D eigenvalue weighted by Crippen LogP contribution is 2.23. The van der Waals surface area contributed by atoms with Gasteiger partial charge in [-0.05, 0) is 43.9 Å². The molecule has 1 aliphatic heterocycles. The highest BCUT2D eigenvalue weighted by molar-refractivity contribution is 5.41. The molecule has 108 valence electrons. The van der Waals surface area contributed by atoms with Crippen LogP contribution in [0.2, 0.25) is 0 Å². The third-order valence-electron chi connectivity index (χ3n) is 4.39. The quantitative estimate of drug-likeness (QED) is 0.932. The molecule has 0 amide bonds. The molecule has 0 aliphatic carbocycles. The van der Waals surface area contributed by atoms with E-state index in [-0.39, 0.29) is 0 Å². The van der Waals surface area contributed by atoms with E-state index in [1.165, 1.54) is 18.4 Å². The Kier molecular flexibility index (Phi) is 3.76. The number of piperidine rings is 1. The van der Waals surface area contributed by atoms with E-state index in [1.54, 1.807) is 0 Å². The lowest BCUT2D eigenvalue weighted by atomic mass is 9.92. The topological polar surface area (TPSA) is 46.6 Å². The first-order valence-corrected chi connectivity index (χ1v) is 7.54. The van der Waals surface area contributed by atoms with E-state index in [0.29, 0.717) is 6.04 Å². The molecule has 3 heterocycles. The van der Waals surface area contributed by atoms with E-state index in [9.17, 15) is 0 Å². The Labute approximate surface area is 120 Å². The van der Waals surface area contributed by atoms with E-state index in [1.807, 2.05) is 0 Å². The van der Waals surface area contributed by atoms with Crippen molar-refractivity contribution >= 4 is 5.65 Å². The van der Waals surface area contributed by atoms with Crippen LogP contribution in [0.3, 0.4) is 0 Å². The number of nitrogens with zero attached hydrogens (tertiary/aromatic N) is 3. The number of nitrogens with two attached hydrogens (primary N) is 1. The maximum Gasteiger partial charge on any atom is 0.137 e. The summed E-state index contributed by atoms with van der Waals surface area (Å²) in [6.07, 6.45) is 6.75. The normalized spacial score (nSPS) is 24.4. The van der Waals surface area contributed by atoms with Gasteiger partial charge in [-0.2, -0.15) is 0 Å². The standard InChI is InChI=1S/C16H24N4/c1-12-5-6-19(15(7-12)8-17)10-14-11-20-9-13(2)3-4-16(20)18-14/h3-4,9,11-12,15H,5-8,10,17H2,1-2H3. The molecule has 0 bridgehead atoms. The Morgan fingerprint density at radius 2 is 2.20 bits per heavy atom. The van der Waals surface area contributed by atoms with Crippen molar-refractivity contribution in [3.63, 3.8) is 0 Å². The van der Waals surface area contributed by atoms with E-state index < -0.39 is 0 Å². The minimum Gasteiger partial charge on any atom is -0.329 e. The SMILES string of the molecule is Cc1ccc2nc(CN3CCC(C)CC3CN)cn2c1. The van der Waals surface area contributed by atoms with Crippen LogP contribution < -0.4 is 5.73 Å². The van der Waals surface area contributed by atoms with Crippen LogP contribution in [0.5, 0.6) is 0 Å². The molecule has 1 aliphatic rings. The fraction of sp³-hybridized carbons (Fsp3) is 0.562. The molecule has 1 saturated heterocycles. The van der Waals surface area contributed by atoms with E-state index >= 15 is 0 Å². The Morgan fingerprint density at radius 3 is 3.00 bits per heavy atom. The first-order chi connectivity index (χ1) is 9.65. The van der Waals surface area contributed by atoms with Gasteiger partial charge in [-0.25, -0.2) is 4.98 Å². The summed E-state index contributed by atoms with van der Waals surface area (Å²) in [5.74, 6) is 0.795. The maximum atomic E-state index is 5.94. The second kappa shape index (κ2) is 5.54. The van der Waals surface area contributed by atoms with Crippen molar-refractivity contribution in [2.24, 2.45) is 11.7 Å². The van der Waals surface area contributed by atoms with Crippen molar-refractivity contribution in [2.45, 2.75) is 39.3 Å². The molecule has 0 aromatic carbocycles. The lowest BCUT2D eigenvalue weighted by Gasteiger charge is -2.37. The molecule has 20 heavy (non-hydrogen) atoms. The predicted molar refractivity (Wildman–Crippen MR) is 81.6 cm³/mol. The molecule has 0 saturated carbocycles. The number of aryl methyl sites for hydroxylation is 1. The van der Waals surface area contributed by atoms with Gasteiger partial charge in [-0.15, -0.1) is 0 Å². The van der Waals surface area contributed by atoms with Crippen molar-refractivity contribution in [1.29, 1.82) is 0 Å². The molecule has 3 rings (SSSR count). The molecule has 0 radical (unpaired) electrons. The maximum absolute atomic E-state index is 5.94. The van der Waals surface area contributed by atoms with Gasteiger partial charge in [0.1, 0.15) is 5.65 Å². The van der Waals surface area contributed by atoms with E-state index in [4.69, 9.17) is 10.7 Å². The van der Waals surface area contributed by atoms with Crippen molar-refractivity contribution in [2.75, 3.05) is 13.1 Å². The van der Waals surface area contributed by atoms with Gasteiger partial charge in [0.2, 0.25) is 0 Å². The average Bonchev–Trinajstić information content (AvgIpc) is 2.82. The summed E-state index contributed by atoms with van der Waals surface area (Å²) in [6.45, 7) is 7.23. The molecule has 2 unspecified atom stereocenters. The first kappa shape index (κ1) is 13.6. The Hall–Kier alpha value is -1.39. The van der Waals surface area contributed by atoms with Crippen LogP contribution in [0, 0.1) is 12.8 Å². The monoisotopic (exact) mass is 272 g/mol. The highest BCUT2D eigenvalue weighted by Gasteiger charge is 2.25. The molecule has 4 heteroatoms. The van der Waals surface area contributed by atoms with Crippen LogP contribution >= 0.6 is 0 Å². The van der Waals surface area contributed by atoms with Crippen LogP contribution in [0.4, 0.5) is 0 Å². The predicted octanol–water partition coefficient (Wildman–Crippen LogP) is 2.20. The molecule has 2 N–H and O–H groups in total. The van der Waals surface area contributed by atoms with Gasteiger partial charge in [0.25, 0.3) is 0 Å². The number of pyridine rings is 1. The van der Waals surface area contributed by atoms with Crippen LogP contribution in [0.15, 0.2) is 24.5 Å². The number of imidazole rings is 1. The van der Waals surface area contributed by atoms with Gasteiger partial charge >= 0.3 is 0 Å². The molecule has 1 fully saturated rings. The fourth-order valence-corrected chi connectivity index (χ4v) is 3.19. The zero-order chi connectivity index (χ0) is 14.1. The minimum absolute atomic E-state index is 0.505. The minimum atomic E-state index is 0.505. The summed E-state index contributed by atoms with van der Waals surface area (Å²) in [5, 5.41) is 0.